The van der Waals surface area contributed by atoms with Crippen molar-refractivity contribution in [3.05, 3.63) is 29.5 Å². The van der Waals surface area contributed by atoms with E-state index in [1.54, 1.807) is 12.1 Å². The van der Waals surface area contributed by atoms with Gasteiger partial charge in [0.2, 0.25) is 0 Å². The van der Waals surface area contributed by atoms with Gasteiger partial charge in [-0.2, -0.15) is 0 Å². The summed E-state index contributed by atoms with van der Waals surface area (Å²) < 4.78 is 11.0. The first-order valence-electron chi connectivity index (χ1n) is 6.74. The maximum atomic E-state index is 10.1. The van der Waals surface area contributed by atoms with Gasteiger partial charge in [0.15, 0.2) is 23.0 Å². The van der Waals surface area contributed by atoms with E-state index >= 15 is 0 Å². The Balaban J connectivity index is 2.00. The summed E-state index contributed by atoms with van der Waals surface area (Å²) in [5.74, 6) is 0.853. The molecular weight excluding hydrogens is 244 g/mol. The van der Waals surface area contributed by atoms with Gasteiger partial charge in [0.25, 0.3) is 0 Å². The van der Waals surface area contributed by atoms with Crippen LogP contribution in [-0.4, -0.2) is 23.4 Å². The Hall–Kier alpha value is -1.84. The number of ether oxygens (including phenoxy) is 2. The molecule has 2 N–H and O–H groups in total. The molecule has 0 spiro atoms. The van der Waals surface area contributed by atoms with Crippen LogP contribution in [0.15, 0.2) is 24.0 Å². The summed E-state index contributed by atoms with van der Waals surface area (Å²) >= 11 is 0. The average molecular weight is 264 g/mol. The molecule has 104 valence electrons. The van der Waals surface area contributed by atoms with Gasteiger partial charge < -0.3 is 19.7 Å². The highest BCUT2D eigenvalue weighted by Crippen LogP contribution is 2.38. The van der Waals surface area contributed by atoms with Gasteiger partial charge in [-0.25, -0.2) is 0 Å². The van der Waals surface area contributed by atoms with Gasteiger partial charge in [0, 0.05) is 0 Å². The van der Waals surface area contributed by atoms with Crippen molar-refractivity contribution in [3.8, 4) is 11.5 Å². The fourth-order valence-electron chi connectivity index (χ4n) is 2.05. The Morgan fingerprint density at radius 1 is 1.21 bits per heavy atom. The van der Waals surface area contributed by atoms with Gasteiger partial charge in [-0.05, 0) is 18.6 Å². The highest BCUT2D eigenvalue weighted by molar-refractivity contribution is 5.71. The SMILES string of the molecule is CCCCCCOC1=C(O)c2cccc(O)c2OC1. The Morgan fingerprint density at radius 2 is 2.05 bits per heavy atom. The largest absolute Gasteiger partial charge is 0.504 e. The molecule has 0 saturated carbocycles. The van der Waals surface area contributed by atoms with Crippen molar-refractivity contribution in [2.24, 2.45) is 0 Å². The smallest absolute Gasteiger partial charge is 0.176 e. The molecule has 0 radical (unpaired) electrons. The number of para-hydroxylation sites is 1. The third-order valence-electron chi connectivity index (χ3n) is 3.14. The minimum atomic E-state index is 0.0334. The molecule has 1 aliphatic rings. The fourth-order valence-corrected chi connectivity index (χ4v) is 2.05. The molecule has 1 heterocycles. The number of phenols is 1. The van der Waals surface area contributed by atoms with E-state index in [4.69, 9.17) is 9.47 Å². The molecular formula is C15H20O4. The molecule has 4 heteroatoms. The van der Waals surface area contributed by atoms with Crippen LogP contribution in [0.5, 0.6) is 11.5 Å². The molecule has 2 rings (SSSR count). The molecule has 0 aromatic heterocycles. The Labute approximate surface area is 113 Å². The zero-order valence-electron chi connectivity index (χ0n) is 11.2. The molecule has 4 nitrogen and oxygen atoms in total. The number of rotatable bonds is 6. The lowest BCUT2D eigenvalue weighted by Crippen LogP contribution is -2.14. The van der Waals surface area contributed by atoms with Gasteiger partial charge in [-0.3, -0.25) is 0 Å². The van der Waals surface area contributed by atoms with Crippen molar-refractivity contribution in [1.82, 2.24) is 0 Å². The molecule has 0 atom stereocenters. The number of aromatic hydroxyl groups is 1. The van der Waals surface area contributed by atoms with E-state index in [0.29, 0.717) is 23.7 Å². The van der Waals surface area contributed by atoms with E-state index < -0.39 is 0 Å². The second-order valence-corrected chi connectivity index (χ2v) is 4.62. The summed E-state index contributed by atoms with van der Waals surface area (Å²) in [6.07, 6.45) is 4.48. The fraction of sp³-hybridized carbons (Fsp3) is 0.467. The van der Waals surface area contributed by atoms with E-state index in [0.717, 1.165) is 12.8 Å². The second kappa shape index (κ2) is 6.36. The second-order valence-electron chi connectivity index (χ2n) is 4.62. The summed E-state index contributed by atoms with van der Waals surface area (Å²) in [5, 5.41) is 19.7. The maximum Gasteiger partial charge on any atom is 0.176 e. The number of benzene rings is 1. The summed E-state index contributed by atoms with van der Waals surface area (Å²) in [5.41, 5.74) is 0.481. The molecule has 0 fully saturated rings. The van der Waals surface area contributed by atoms with Crippen LogP contribution in [0.1, 0.15) is 38.2 Å². The first-order valence-corrected chi connectivity index (χ1v) is 6.74. The first kappa shape index (κ1) is 13.6. The molecule has 1 aromatic carbocycles. The first-order chi connectivity index (χ1) is 9.24. The quantitative estimate of drug-likeness (QED) is 0.771. The summed E-state index contributed by atoms with van der Waals surface area (Å²) in [6.45, 7) is 2.90. The maximum absolute atomic E-state index is 10.1. The topological polar surface area (TPSA) is 58.9 Å². The van der Waals surface area contributed by atoms with Gasteiger partial charge in [-0.1, -0.05) is 32.3 Å². The summed E-state index contributed by atoms with van der Waals surface area (Å²) in [7, 11) is 0. The monoisotopic (exact) mass is 264 g/mol. The molecule has 1 aromatic rings. The number of phenolic OH excluding ortho intramolecular Hbond substituents is 1. The van der Waals surface area contributed by atoms with E-state index in [9.17, 15) is 10.2 Å². The number of aliphatic hydroxyl groups excluding tert-OH is 1. The Kier molecular flexibility index (Phi) is 4.55. The van der Waals surface area contributed by atoms with Crippen LogP contribution in [-0.2, 0) is 4.74 Å². The van der Waals surface area contributed by atoms with Crippen LogP contribution in [0.2, 0.25) is 0 Å². The van der Waals surface area contributed by atoms with Crippen LogP contribution in [0.25, 0.3) is 5.76 Å². The van der Waals surface area contributed by atoms with Crippen molar-refractivity contribution in [2.45, 2.75) is 32.6 Å². The van der Waals surface area contributed by atoms with Crippen LogP contribution in [0, 0.1) is 0 Å². The normalized spacial score (nSPS) is 13.9. The molecule has 0 bridgehead atoms. The zero-order chi connectivity index (χ0) is 13.7. The predicted octanol–water partition coefficient (Wildman–Crippen LogP) is 3.61. The lowest BCUT2D eigenvalue weighted by molar-refractivity contribution is 0.152. The molecule has 0 unspecified atom stereocenters. The third kappa shape index (κ3) is 3.13. The van der Waals surface area contributed by atoms with E-state index in [-0.39, 0.29) is 18.1 Å². The van der Waals surface area contributed by atoms with Crippen LogP contribution in [0.3, 0.4) is 0 Å². The Morgan fingerprint density at radius 3 is 2.84 bits per heavy atom. The summed E-state index contributed by atoms with van der Waals surface area (Å²) in [6, 6.07) is 4.89. The number of unbranched alkanes of at least 4 members (excludes halogenated alkanes) is 3. The van der Waals surface area contributed by atoms with E-state index in [2.05, 4.69) is 6.92 Å². The van der Waals surface area contributed by atoms with Crippen molar-refractivity contribution in [1.29, 1.82) is 0 Å². The number of hydrogen-bond acceptors (Lipinski definition) is 4. The molecule has 1 aliphatic heterocycles. The molecule has 0 amide bonds. The molecule has 0 saturated heterocycles. The van der Waals surface area contributed by atoms with E-state index in [1.165, 1.54) is 18.9 Å². The van der Waals surface area contributed by atoms with Crippen molar-refractivity contribution >= 4 is 5.76 Å². The molecule has 19 heavy (non-hydrogen) atoms. The van der Waals surface area contributed by atoms with Crippen molar-refractivity contribution in [2.75, 3.05) is 13.2 Å². The van der Waals surface area contributed by atoms with Crippen molar-refractivity contribution in [3.63, 3.8) is 0 Å². The van der Waals surface area contributed by atoms with Crippen LogP contribution >= 0.6 is 0 Å². The Bertz CT molecular complexity index is 465. The summed E-state index contributed by atoms with van der Waals surface area (Å²) in [4.78, 5) is 0. The van der Waals surface area contributed by atoms with Crippen LogP contribution < -0.4 is 4.74 Å². The number of aliphatic hydroxyl groups is 1. The predicted molar refractivity (Wildman–Crippen MR) is 73.2 cm³/mol. The number of fused-ring (bicyclic) bond motifs is 1. The highest BCUT2D eigenvalue weighted by atomic mass is 16.5. The standard InChI is InChI=1S/C15H20O4/c1-2-3-4-5-9-18-13-10-19-15-11(14(13)17)7-6-8-12(15)16/h6-8,16-17H,2-5,9-10H2,1H3. The lowest BCUT2D eigenvalue weighted by Gasteiger charge is -2.21. The van der Waals surface area contributed by atoms with Crippen molar-refractivity contribution < 1.29 is 19.7 Å². The zero-order valence-corrected chi connectivity index (χ0v) is 11.2. The average Bonchev–Trinajstić information content (AvgIpc) is 2.42. The lowest BCUT2D eigenvalue weighted by atomic mass is 10.1. The van der Waals surface area contributed by atoms with Gasteiger partial charge >= 0.3 is 0 Å². The molecule has 0 aliphatic carbocycles. The van der Waals surface area contributed by atoms with Gasteiger partial charge in [0.05, 0.1) is 12.2 Å². The van der Waals surface area contributed by atoms with Crippen LogP contribution in [0.4, 0.5) is 0 Å². The minimum Gasteiger partial charge on any atom is -0.504 e. The van der Waals surface area contributed by atoms with Gasteiger partial charge in [-0.15, -0.1) is 0 Å². The van der Waals surface area contributed by atoms with Gasteiger partial charge in [0.1, 0.15) is 6.61 Å². The highest BCUT2D eigenvalue weighted by Gasteiger charge is 2.23. The van der Waals surface area contributed by atoms with E-state index in [1.807, 2.05) is 0 Å². The third-order valence-corrected chi connectivity index (χ3v) is 3.14. The minimum absolute atomic E-state index is 0.0334. The number of hydrogen-bond donors (Lipinski definition) is 2.